The number of ether oxygens (including phenoxy) is 1. The van der Waals surface area contributed by atoms with Crippen LogP contribution >= 0.6 is 0 Å². The summed E-state index contributed by atoms with van der Waals surface area (Å²) < 4.78 is 5.70. The van der Waals surface area contributed by atoms with E-state index in [2.05, 4.69) is 16.7 Å². The molecule has 1 atom stereocenters. The molecule has 0 unspecified atom stereocenters. The van der Waals surface area contributed by atoms with Gasteiger partial charge in [0.15, 0.2) is 0 Å². The molecule has 19 heavy (non-hydrogen) atoms. The summed E-state index contributed by atoms with van der Waals surface area (Å²) in [5.74, 6) is 0.635. The summed E-state index contributed by atoms with van der Waals surface area (Å²) in [6.45, 7) is 6.79. The molecule has 0 N–H and O–H groups in total. The fraction of sp³-hybridized carbons (Fsp3) is 0.538. The Hall–Kier alpha value is -1.82. The van der Waals surface area contributed by atoms with Crippen molar-refractivity contribution in [3.05, 3.63) is 28.3 Å². The molecule has 0 amide bonds. The third kappa shape index (κ3) is 2.12. The van der Waals surface area contributed by atoms with E-state index in [1.54, 1.807) is 12.1 Å². The number of nitro benzene ring substituents is 1. The molecule has 0 saturated carbocycles. The number of likely N-dealkylation sites (N-methyl/N-ethyl adjacent to an activating group) is 1. The molecule has 6 nitrogen and oxygen atoms in total. The number of anilines is 1. The predicted molar refractivity (Wildman–Crippen MR) is 71.8 cm³/mol. The molecule has 2 heterocycles. The van der Waals surface area contributed by atoms with Gasteiger partial charge in [-0.1, -0.05) is 6.92 Å². The molecule has 102 valence electrons. The van der Waals surface area contributed by atoms with Crippen molar-refractivity contribution in [1.29, 1.82) is 0 Å². The zero-order valence-corrected chi connectivity index (χ0v) is 10.9. The Labute approximate surface area is 111 Å². The van der Waals surface area contributed by atoms with E-state index < -0.39 is 0 Å². The van der Waals surface area contributed by atoms with Crippen LogP contribution in [0, 0.1) is 10.1 Å². The van der Waals surface area contributed by atoms with Crippen molar-refractivity contribution in [3.63, 3.8) is 0 Å². The van der Waals surface area contributed by atoms with Gasteiger partial charge in [-0.3, -0.25) is 15.0 Å². The highest BCUT2D eigenvalue weighted by molar-refractivity contribution is 5.64. The van der Waals surface area contributed by atoms with E-state index in [0.29, 0.717) is 18.4 Å². The quantitative estimate of drug-likeness (QED) is 0.598. The fourth-order valence-corrected chi connectivity index (χ4v) is 2.82. The van der Waals surface area contributed by atoms with Gasteiger partial charge in [-0.15, -0.1) is 0 Å². The largest absolute Gasteiger partial charge is 0.489 e. The normalized spacial score (nSPS) is 22.4. The summed E-state index contributed by atoms with van der Waals surface area (Å²) in [6, 6.07) is 5.23. The summed E-state index contributed by atoms with van der Waals surface area (Å²) in [5, 5.41) is 10.8. The third-order valence-corrected chi connectivity index (χ3v) is 3.91. The van der Waals surface area contributed by atoms with Crippen molar-refractivity contribution in [2.75, 3.05) is 37.7 Å². The van der Waals surface area contributed by atoms with Gasteiger partial charge in [-0.25, -0.2) is 0 Å². The second-order valence-corrected chi connectivity index (χ2v) is 4.96. The van der Waals surface area contributed by atoms with Crippen LogP contribution in [0.5, 0.6) is 5.75 Å². The second-order valence-electron chi connectivity index (χ2n) is 4.96. The highest BCUT2D eigenvalue weighted by Crippen LogP contribution is 2.37. The first kappa shape index (κ1) is 12.2. The standard InChI is InChI=1S/C13H17N3O3/c1-2-14-5-6-15-11(8-14)9-19-13-7-10(16(17)18)3-4-12(13)15/h3-4,7,11H,2,5-6,8-9H2,1H3/t11-/m1/s1. The Balaban J connectivity index is 1.88. The zero-order valence-electron chi connectivity index (χ0n) is 10.9. The first-order chi connectivity index (χ1) is 9.19. The number of fused-ring (bicyclic) bond motifs is 3. The second kappa shape index (κ2) is 4.70. The van der Waals surface area contributed by atoms with E-state index in [4.69, 9.17) is 4.74 Å². The van der Waals surface area contributed by atoms with Gasteiger partial charge in [0.1, 0.15) is 12.4 Å². The van der Waals surface area contributed by atoms with Gasteiger partial charge in [0.05, 0.1) is 22.7 Å². The van der Waals surface area contributed by atoms with Crippen LogP contribution in [0.2, 0.25) is 0 Å². The summed E-state index contributed by atoms with van der Waals surface area (Å²) >= 11 is 0. The number of nitro groups is 1. The molecule has 1 fully saturated rings. The molecule has 0 bridgehead atoms. The molecule has 0 spiro atoms. The molecule has 2 aliphatic rings. The summed E-state index contributed by atoms with van der Waals surface area (Å²) in [5.41, 5.74) is 1.07. The number of non-ortho nitro benzene ring substituents is 1. The van der Waals surface area contributed by atoms with Gasteiger partial charge in [0, 0.05) is 25.7 Å². The van der Waals surface area contributed by atoms with E-state index >= 15 is 0 Å². The van der Waals surface area contributed by atoms with E-state index in [1.807, 2.05) is 0 Å². The third-order valence-electron chi connectivity index (χ3n) is 3.91. The first-order valence-electron chi connectivity index (χ1n) is 6.59. The van der Waals surface area contributed by atoms with Crippen molar-refractivity contribution in [3.8, 4) is 5.75 Å². The summed E-state index contributed by atoms with van der Waals surface area (Å²) in [7, 11) is 0. The van der Waals surface area contributed by atoms with Crippen molar-refractivity contribution in [1.82, 2.24) is 4.90 Å². The minimum atomic E-state index is -0.384. The molecule has 1 aromatic rings. The van der Waals surface area contributed by atoms with E-state index in [0.717, 1.165) is 31.9 Å². The minimum absolute atomic E-state index is 0.0874. The molecular formula is C13H17N3O3. The van der Waals surface area contributed by atoms with Crippen LogP contribution < -0.4 is 9.64 Å². The van der Waals surface area contributed by atoms with Gasteiger partial charge < -0.3 is 9.64 Å². The Morgan fingerprint density at radius 1 is 1.47 bits per heavy atom. The lowest BCUT2D eigenvalue weighted by atomic mass is 10.1. The maximum atomic E-state index is 10.8. The number of rotatable bonds is 2. The Morgan fingerprint density at radius 2 is 2.32 bits per heavy atom. The molecular weight excluding hydrogens is 246 g/mol. The summed E-state index contributed by atoms with van der Waals surface area (Å²) in [6.07, 6.45) is 0. The minimum Gasteiger partial charge on any atom is -0.489 e. The lowest BCUT2D eigenvalue weighted by Crippen LogP contribution is -2.57. The van der Waals surface area contributed by atoms with Gasteiger partial charge in [0.25, 0.3) is 5.69 Å². The lowest BCUT2D eigenvalue weighted by Gasteiger charge is -2.45. The zero-order chi connectivity index (χ0) is 13.4. The average Bonchev–Trinajstić information content (AvgIpc) is 2.45. The van der Waals surface area contributed by atoms with Crippen molar-refractivity contribution < 1.29 is 9.66 Å². The van der Waals surface area contributed by atoms with Crippen LogP contribution in [0.1, 0.15) is 6.92 Å². The molecule has 0 aliphatic carbocycles. The number of nitrogens with zero attached hydrogens (tertiary/aromatic N) is 3. The number of benzene rings is 1. The number of hydrogen-bond acceptors (Lipinski definition) is 5. The van der Waals surface area contributed by atoms with Gasteiger partial charge in [0.2, 0.25) is 0 Å². The molecule has 0 aromatic heterocycles. The van der Waals surface area contributed by atoms with Crippen molar-refractivity contribution >= 4 is 11.4 Å². The molecule has 0 radical (unpaired) electrons. The Bertz CT molecular complexity index is 506. The van der Waals surface area contributed by atoms with E-state index in [-0.39, 0.29) is 10.6 Å². The van der Waals surface area contributed by atoms with E-state index in [9.17, 15) is 10.1 Å². The molecule has 3 rings (SSSR count). The van der Waals surface area contributed by atoms with Crippen LogP contribution in [0.3, 0.4) is 0 Å². The highest BCUT2D eigenvalue weighted by Gasteiger charge is 2.33. The molecule has 2 aliphatic heterocycles. The van der Waals surface area contributed by atoms with Crippen molar-refractivity contribution in [2.45, 2.75) is 13.0 Å². The first-order valence-corrected chi connectivity index (χ1v) is 6.59. The topological polar surface area (TPSA) is 58.9 Å². The van der Waals surface area contributed by atoms with Gasteiger partial charge in [-0.2, -0.15) is 0 Å². The predicted octanol–water partition coefficient (Wildman–Crippen LogP) is 1.50. The lowest BCUT2D eigenvalue weighted by molar-refractivity contribution is -0.384. The van der Waals surface area contributed by atoms with Crippen LogP contribution in [-0.2, 0) is 0 Å². The average molecular weight is 263 g/mol. The molecule has 1 saturated heterocycles. The smallest absolute Gasteiger partial charge is 0.273 e. The number of hydrogen-bond donors (Lipinski definition) is 0. The Morgan fingerprint density at radius 3 is 3.05 bits per heavy atom. The van der Waals surface area contributed by atoms with Crippen molar-refractivity contribution in [2.24, 2.45) is 0 Å². The van der Waals surface area contributed by atoms with Crippen LogP contribution in [0.25, 0.3) is 0 Å². The Kier molecular flexibility index (Phi) is 3.02. The van der Waals surface area contributed by atoms with Crippen LogP contribution in [0.4, 0.5) is 11.4 Å². The monoisotopic (exact) mass is 263 g/mol. The molecule has 6 heteroatoms. The van der Waals surface area contributed by atoms with Crippen LogP contribution in [-0.4, -0.2) is 48.7 Å². The highest BCUT2D eigenvalue weighted by atomic mass is 16.6. The summed E-state index contributed by atoms with van der Waals surface area (Å²) in [4.78, 5) is 15.1. The van der Waals surface area contributed by atoms with Gasteiger partial charge >= 0.3 is 0 Å². The number of piperazine rings is 1. The fourth-order valence-electron chi connectivity index (χ4n) is 2.82. The molecule has 1 aromatic carbocycles. The maximum absolute atomic E-state index is 10.8. The van der Waals surface area contributed by atoms with E-state index in [1.165, 1.54) is 6.07 Å². The SMILES string of the molecule is CCN1CCN2c3ccc([N+](=O)[O-])cc3OC[C@H]2C1. The maximum Gasteiger partial charge on any atom is 0.273 e. The van der Waals surface area contributed by atoms with Gasteiger partial charge in [-0.05, 0) is 12.6 Å². The van der Waals surface area contributed by atoms with Crippen LogP contribution in [0.15, 0.2) is 18.2 Å².